The SMILES string of the molecule is CC(C)C(=O)N1CCC2(CC1)CN(c1ccc(C#N)c(C(F)(F)F)c1)CC2C(=O)NCC1CC1. The number of benzene rings is 1. The smallest absolute Gasteiger partial charge is 0.370 e. The first-order valence-corrected chi connectivity index (χ1v) is 12.0. The highest BCUT2D eigenvalue weighted by Crippen LogP contribution is 2.47. The van der Waals surface area contributed by atoms with Crippen LogP contribution in [-0.4, -0.2) is 49.4 Å². The van der Waals surface area contributed by atoms with E-state index in [4.69, 9.17) is 5.26 Å². The van der Waals surface area contributed by atoms with E-state index in [1.165, 1.54) is 12.1 Å². The second kappa shape index (κ2) is 9.12. The average Bonchev–Trinajstić information content (AvgIpc) is 3.57. The van der Waals surface area contributed by atoms with Gasteiger partial charge in [0.2, 0.25) is 11.8 Å². The molecule has 0 radical (unpaired) electrons. The summed E-state index contributed by atoms with van der Waals surface area (Å²) >= 11 is 0. The summed E-state index contributed by atoms with van der Waals surface area (Å²) in [6.45, 7) is 6.21. The Bertz CT molecular complexity index is 989. The average molecular weight is 477 g/mol. The van der Waals surface area contributed by atoms with Gasteiger partial charge in [-0.25, -0.2) is 0 Å². The number of carbonyl (C=O) groups excluding carboxylic acids is 2. The number of rotatable bonds is 5. The Balaban J connectivity index is 1.59. The Morgan fingerprint density at radius 2 is 1.91 bits per heavy atom. The lowest BCUT2D eigenvalue weighted by atomic mass is 9.70. The highest BCUT2D eigenvalue weighted by atomic mass is 19.4. The fourth-order valence-electron chi connectivity index (χ4n) is 5.32. The molecule has 34 heavy (non-hydrogen) atoms. The molecule has 3 fully saturated rings. The second-order valence-electron chi connectivity index (χ2n) is 10.3. The van der Waals surface area contributed by atoms with Crippen molar-refractivity contribution in [1.82, 2.24) is 10.2 Å². The molecule has 6 nitrogen and oxygen atoms in total. The fourth-order valence-corrected chi connectivity index (χ4v) is 5.32. The number of nitrogens with one attached hydrogen (secondary N) is 1. The zero-order valence-electron chi connectivity index (χ0n) is 19.6. The van der Waals surface area contributed by atoms with Gasteiger partial charge < -0.3 is 15.1 Å². The normalized spacial score (nSPS) is 22.2. The van der Waals surface area contributed by atoms with Crippen molar-refractivity contribution in [2.45, 2.75) is 45.7 Å². The Labute approximate surface area is 198 Å². The Hall–Kier alpha value is -2.76. The van der Waals surface area contributed by atoms with E-state index < -0.39 is 22.7 Å². The van der Waals surface area contributed by atoms with Crippen LogP contribution in [0.4, 0.5) is 18.9 Å². The standard InChI is InChI=1S/C25H31F3N4O2/c1-16(2)23(34)31-9-7-24(8-10-31)15-32(14-21(24)22(33)30-13-17-3-4-17)19-6-5-18(12-29)20(11-19)25(26,27)28/h5-6,11,16-17,21H,3-4,7-10,13-15H2,1-2H3,(H,30,33). The minimum atomic E-state index is -4.64. The number of amides is 2. The molecule has 2 heterocycles. The lowest BCUT2D eigenvalue weighted by molar-refractivity contribution is -0.139. The number of alkyl halides is 3. The molecule has 1 aliphatic carbocycles. The van der Waals surface area contributed by atoms with Crippen molar-refractivity contribution >= 4 is 17.5 Å². The van der Waals surface area contributed by atoms with Gasteiger partial charge in [0.15, 0.2) is 0 Å². The summed E-state index contributed by atoms with van der Waals surface area (Å²) in [5.41, 5.74) is -1.41. The topological polar surface area (TPSA) is 76.4 Å². The van der Waals surface area contributed by atoms with Crippen LogP contribution in [0, 0.1) is 34.5 Å². The lowest BCUT2D eigenvalue weighted by Crippen LogP contribution is -2.50. The van der Waals surface area contributed by atoms with E-state index >= 15 is 0 Å². The summed E-state index contributed by atoms with van der Waals surface area (Å²) in [4.78, 5) is 29.4. The van der Waals surface area contributed by atoms with Crippen LogP contribution in [0.25, 0.3) is 0 Å². The van der Waals surface area contributed by atoms with Crippen LogP contribution in [0.1, 0.15) is 50.7 Å². The van der Waals surface area contributed by atoms with Crippen molar-refractivity contribution in [3.8, 4) is 6.07 Å². The third-order valence-electron chi connectivity index (χ3n) is 7.59. The molecule has 1 spiro atoms. The molecule has 2 aliphatic heterocycles. The van der Waals surface area contributed by atoms with Gasteiger partial charge in [-0.1, -0.05) is 13.8 Å². The molecule has 3 aliphatic rings. The predicted molar refractivity (Wildman–Crippen MR) is 121 cm³/mol. The van der Waals surface area contributed by atoms with E-state index in [9.17, 15) is 22.8 Å². The number of nitrogens with zero attached hydrogens (tertiary/aromatic N) is 3. The Morgan fingerprint density at radius 1 is 1.24 bits per heavy atom. The van der Waals surface area contributed by atoms with Crippen molar-refractivity contribution in [2.24, 2.45) is 23.2 Å². The lowest BCUT2D eigenvalue weighted by Gasteiger charge is -2.42. The first-order chi connectivity index (χ1) is 16.0. The maximum absolute atomic E-state index is 13.5. The van der Waals surface area contributed by atoms with Crippen molar-refractivity contribution in [2.75, 3.05) is 37.6 Å². The second-order valence-corrected chi connectivity index (χ2v) is 10.3. The maximum Gasteiger partial charge on any atom is 0.417 e. The van der Waals surface area contributed by atoms with Crippen molar-refractivity contribution < 1.29 is 22.8 Å². The van der Waals surface area contributed by atoms with Crippen LogP contribution in [0.3, 0.4) is 0 Å². The van der Waals surface area contributed by atoms with Crippen LogP contribution < -0.4 is 10.2 Å². The summed E-state index contributed by atoms with van der Waals surface area (Å²) in [7, 11) is 0. The van der Waals surface area contributed by atoms with E-state index in [-0.39, 0.29) is 23.7 Å². The Kier molecular flexibility index (Phi) is 6.54. The van der Waals surface area contributed by atoms with Gasteiger partial charge in [0, 0.05) is 49.7 Å². The van der Waals surface area contributed by atoms with Crippen molar-refractivity contribution in [3.63, 3.8) is 0 Å². The summed E-state index contributed by atoms with van der Waals surface area (Å²) in [5, 5.41) is 12.2. The zero-order chi connectivity index (χ0) is 24.7. The molecule has 0 aromatic heterocycles. The van der Waals surface area contributed by atoms with Crippen molar-refractivity contribution in [1.29, 1.82) is 5.26 Å². The van der Waals surface area contributed by atoms with Gasteiger partial charge in [-0.15, -0.1) is 0 Å². The molecule has 1 atom stereocenters. The highest BCUT2D eigenvalue weighted by Gasteiger charge is 2.52. The first kappa shape index (κ1) is 24.4. The minimum absolute atomic E-state index is 0.0530. The molecular weight excluding hydrogens is 445 g/mol. The molecule has 9 heteroatoms. The molecule has 1 N–H and O–H groups in total. The summed E-state index contributed by atoms with van der Waals surface area (Å²) < 4.78 is 40.6. The summed E-state index contributed by atoms with van der Waals surface area (Å²) in [6, 6.07) is 5.38. The van der Waals surface area contributed by atoms with Crippen LogP contribution in [-0.2, 0) is 15.8 Å². The van der Waals surface area contributed by atoms with E-state index in [1.54, 1.807) is 6.07 Å². The van der Waals surface area contributed by atoms with E-state index in [2.05, 4.69) is 5.32 Å². The Morgan fingerprint density at radius 3 is 2.47 bits per heavy atom. The number of piperidine rings is 1. The number of hydrogen-bond acceptors (Lipinski definition) is 4. The van der Waals surface area contributed by atoms with Gasteiger partial charge >= 0.3 is 6.18 Å². The first-order valence-electron chi connectivity index (χ1n) is 12.0. The third kappa shape index (κ3) is 4.86. The molecule has 1 unspecified atom stereocenters. The predicted octanol–water partition coefficient (Wildman–Crippen LogP) is 3.80. The number of halogens is 3. The van der Waals surface area contributed by atoms with Crippen LogP contribution in [0.5, 0.6) is 0 Å². The van der Waals surface area contributed by atoms with Gasteiger partial charge in [-0.05, 0) is 49.8 Å². The molecule has 4 rings (SSSR count). The number of anilines is 1. The molecule has 2 amide bonds. The summed E-state index contributed by atoms with van der Waals surface area (Å²) in [6.07, 6.45) is -1.15. The quantitative estimate of drug-likeness (QED) is 0.701. The van der Waals surface area contributed by atoms with E-state index in [1.807, 2.05) is 23.6 Å². The fraction of sp³-hybridized carbons (Fsp3) is 0.640. The third-order valence-corrected chi connectivity index (χ3v) is 7.59. The molecular formula is C25H31F3N4O2. The number of likely N-dealkylation sites (tertiary alicyclic amines) is 1. The van der Waals surface area contributed by atoms with E-state index in [0.29, 0.717) is 57.2 Å². The number of hydrogen-bond donors (Lipinski definition) is 1. The molecule has 1 aromatic rings. The van der Waals surface area contributed by atoms with Gasteiger partial charge in [0.25, 0.3) is 0 Å². The number of carbonyl (C=O) groups is 2. The van der Waals surface area contributed by atoms with Gasteiger partial charge in [0.05, 0.1) is 23.1 Å². The highest BCUT2D eigenvalue weighted by molar-refractivity contribution is 5.82. The minimum Gasteiger partial charge on any atom is -0.370 e. The molecule has 2 saturated heterocycles. The largest absolute Gasteiger partial charge is 0.417 e. The van der Waals surface area contributed by atoms with Gasteiger partial charge in [-0.2, -0.15) is 18.4 Å². The van der Waals surface area contributed by atoms with Crippen LogP contribution >= 0.6 is 0 Å². The molecule has 0 bridgehead atoms. The maximum atomic E-state index is 13.5. The zero-order valence-corrected chi connectivity index (χ0v) is 19.6. The molecule has 184 valence electrons. The molecule has 1 saturated carbocycles. The summed E-state index contributed by atoms with van der Waals surface area (Å²) in [5.74, 6) is 0.0820. The number of nitriles is 1. The van der Waals surface area contributed by atoms with Gasteiger partial charge in [-0.3, -0.25) is 9.59 Å². The van der Waals surface area contributed by atoms with Crippen molar-refractivity contribution in [3.05, 3.63) is 29.3 Å². The van der Waals surface area contributed by atoms with Gasteiger partial charge in [0.1, 0.15) is 0 Å². The van der Waals surface area contributed by atoms with Crippen LogP contribution in [0.15, 0.2) is 18.2 Å². The molecule has 1 aromatic carbocycles. The monoisotopic (exact) mass is 476 g/mol. The van der Waals surface area contributed by atoms with E-state index in [0.717, 1.165) is 18.9 Å². The van der Waals surface area contributed by atoms with Crippen LogP contribution in [0.2, 0.25) is 0 Å².